The van der Waals surface area contributed by atoms with E-state index in [4.69, 9.17) is 19.9 Å². The van der Waals surface area contributed by atoms with Gasteiger partial charge >= 0.3 is 0 Å². The molecule has 2 aromatic rings. The summed E-state index contributed by atoms with van der Waals surface area (Å²) in [6.07, 6.45) is 0.791. The third-order valence-corrected chi connectivity index (χ3v) is 4.37. The first kappa shape index (κ1) is 14.2. The smallest absolute Gasteiger partial charge is 0.231 e. The van der Waals surface area contributed by atoms with Gasteiger partial charge in [-0.1, -0.05) is 6.92 Å². The number of hydrogen-bond donors (Lipinski definition) is 1. The zero-order valence-electron chi connectivity index (χ0n) is 11.6. The van der Waals surface area contributed by atoms with Gasteiger partial charge in [0.05, 0.1) is 16.4 Å². The van der Waals surface area contributed by atoms with Crippen molar-refractivity contribution < 1.29 is 14.2 Å². The molecule has 0 unspecified atom stereocenters. The van der Waals surface area contributed by atoms with E-state index >= 15 is 0 Å². The Bertz CT molecular complexity index is 706. The van der Waals surface area contributed by atoms with E-state index in [1.54, 1.807) is 7.11 Å². The molecule has 7 heteroatoms. The highest BCUT2D eigenvalue weighted by molar-refractivity contribution is 14.1. The van der Waals surface area contributed by atoms with Crippen molar-refractivity contribution in [1.29, 1.82) is 0 Å². The molecule has 0 fully saturated rings. The molecule has 6 nitrogen and oxygen atoms in total. The summed E-state index contributed by atoms with van der Waals surface area (Å²) in [5.41, 5.74) is 7.68. The maximum absolute atomic E-state index is 5.97. The maximum atomic E-state index is 5.97. The number of aromatic nitrogens is 2. The predicted octanol–water partition coefficient (Wildman–Crippen LogP) is 2.63. The molecule has 0 aliphatic carbocycles. The summed E-state index contributed by atoms with van der Waals surface area (Å²) in [5, 5.41) is 0. The first-order valence-corrected chi connectivity index (χ1v) is 7.51. The average molecular weight is 399 g/mol. The Morgan fingerprint density at radius 2 is 2.14 bits per heavy atom. The van der Waals surface area contributed by atoms with Gasteiger partial charge < -0.3 is 19.9 Å². The molecule has 0 amide bonds. The number of anilines is 1. The van der Waals surface area contributed by atoms with Crippen molar-refractivity contribution in [3.63, 3.8) is 0 Å². The highest BCUT2D eigenvalue weighted by Crippen LogP contribution is 2.43. The van der Waals surface area contributed by atoms with Crippen molar-refractivity contribution >= 4 is 28.4 Å². The van der Waals surface area contributed by atoms with Crippen LogP contribution in [0.15, 0.2) is 12.1 Å². The zero-order chi connectivity index (χ0) is 15.0. The Morgan fingerprint density at radius 1 is 1.33 bits per heavy atom. The molecule has 1 aromatic heterocycles. The fraction of sp³-hybridized carbons (Fsp3) is 0.286. The summed E-state index contributed by atoms with van der Waals surface area (Å²) in [7, 11) is 1.59. The highest BCUT2D eigenvalue weighted by Gasteiger charge is 2.22. The Balaban J connectivity index is 2.15. The van der Waals surface area contributed by atoms with Crippen molar-refractivity contribution in [2.45, 2.75) is 13.3 Å². The van der Waals surface area contributed by atoms with Gasteiger partial charge in [0, 0.05) is 5.56 Å². The van der Waals surface area contributed by atoms with Crippen LogP contribution in [0.3, 0.4) is 0 Å². The second kappa shape index (κ2) is 5.55. The summed E-state index contributed by atoms with van der Waals surface area (Å²) in [6.45, 7) is 2.22. The summed E-state index contributed by atoms with van der Waals surface area (Å²) in [5.74, 6) is 2.87. The van der Waals surface area contributed by atoms with E-state index in [2.05, 4.69) is 32.6 Å². The molecule has 21 heavy (non-hydrogen) atoms. The van der Waals surface area contributed by atoms with Crippen LogP contribution in [0, 0.1) is 3.57 Å². The number of rotatable bonds is 3. The van der Waals surface area contributed by atoms with Crippen LogP contribution < -0.4 is 19.9 Å². The number of nitrogens with two attached hydrogens (primary N) is 1. The number of ether oxygens (including phenoxy) is 3. The standard InChI is InChI=1S/C14H14IN3O3/c1-3-8-11(15)13(16)18-14(17-8)7-4-9(19-2)12-10(5-7)20-6-21-12/h4-5H,3,6H2,1-2H3,(H2,16,17,18). The molecule has 3 rings (SSSR count). The molecule has 0 atom stereocenters. The molecular formula is C14H14IN3O3. The first-order chi connectivity index (χ1) is 10.1. The van der Waals surface area contributed by atoms with Crippen LogP contribution in [0.5, 0.6) is 17.2 Å². The van der Waals surface area contributed by atoms with Crippen LogP contribution in [0.4, 0.5) is 5.82 Å². The third kappa shape index (κ3) is 2.45. The van der Waals surface area contributed by atoms with E-state index in [-0.39, 0.29) is 6.79 Å². The Hall–Kier alpha value is -1.77. The lowest BCUT2D eigenvalue weighted by Gasteiger charge is -2.10. The molecule has 1 aromatic carbocycles. The molecule has 0 bridgehead atoms. The van der Waals surface area contributed by atoms with Crippen LogP contribution >= 0.6 is 22.6 Å². The van der Waals surface area contributed by atoms with Crippen molar-refractivity contribution in [2.75, 3.05) is 19.6 Å². The number of halogens is 1. The van der Waals surface area contributed by atoms with Crippen LogP contribution in [0.2, 0.25) is 0 Å². The minimum absolute atomic E-state index is 0.186. The van der Waals surface area contributed by atoms with Gasteiger partial charge in [-0.15, -0.1) is 0 Å². The van der Waals surface area contributed by atoms with Crippen molar-refractivity contribution in [3.8, 4) is 28.6 Å². The van der Waals surface area contributed by atoms with E-state index in [1.807, 2.05) is 19.1 Å². The molecule has 0 radical (unpaired) electrons. The van der Waals surface area contributed by atoms with E-state index in [0.717, 1.165) is 21.2 Å². The number of nitrogen functional groups attached to an aromatic ring is 1. The Kier molecular flexibility index (Phi) is 3.75. The fourth-order valence-corrected chi connectivity index (χ4v) is 2.76. The van der Waals surface area contributed by atoms with Crippen LogP contribution in [0.25, 0.3) is 11.4 Å². The normalized spacial score (nSPS) is 12.5. The van der Waals surface area contributed by atoms with Gasteiger partial charge in [0.1, 0.15) is 5.82 Å². The lowest BCUT2D eigenvalue weighted by atomic mass is 10.1. The largest absolute Gasteiger partial charge is 0.493 e. The van der Waals surface area contributed by atoms with E-state index in [0.29, 0.717) is 28.9 Å². The number of nitrogens with zero attached hydrogens (tertiary/aromatic N) is 2. The lowest BCUT2D eigenvalue weighted by Crippen LogP contribution is -2.04. The van der Waals surface area contributed by atoms with Gasteiger partial charge in [0.25, 0.3) is 0 Å². The molecule has 110 valence electrons. The van der Waals surface area contributed by atoms with Gasteiger partial charge in [-0.3, -0.25) is 0 Å². The summed E-state index contributed by atoms with van der Waals surface area (Å²) >= 11 is 2.17. The number of benzene rings is 1. The third-order valence-electron chi connectivity index (χ3n) is 3.20. The topological polar surface area (TPSA) is 79.5 Å². The van der Waals surface area contributed by atoms with E-state index < -0.39 is 0 Å². The van der Waals surface area contributed by atoms with Gasteiger partial charge in [-0.2, -0.15) is 0 Å². The maximum Gasteiger partial charge on any atom is 0.231 e. The highest BCUT2D eigenvalue weighted by atomic mass is 127. The quantitative estimate of drug-likeness (QED) is 0.800. The fourth-order valence-electron chi connectivity index (χ4n) is 2.14. The van der Waals surface area contributed by atoms with Crippen molar-refractivity contribution in [2.24, 2.45) is 0 Å². The van der Waals surface area contributed by atoms with Gasteiger partial charge in [0.15, 0.2) is 17.3 Å². The van der Waals surface area contributed by atoms with E-state index in [9.17, 15) is 0 Å². The second-order valence-electron chi connectivity index (χ2n) is 4.46. The zero-order valence-corrected chi connectivity index (χ0v) is 13.8. The molecular weight excluding hydrogens is 385 g/mol. The molecule has 0 saturated carbocycles. The predicted molar refractivity (Wildman–Crippen MR) is 86.7 cm³/mol. The SMILES string of the molecule is CCc1nc(-c2cc(OC)c3c(c2)OCO3)nc(N)c1I. The molecule has 1 aliphatic heterocycles. The number of aryl methyl sites for hydroxylation is 1. The molecule has 1 aliphatic rings. The molecule has 0 saturated heterocycles. The number of hydrogen-bond acceptors (Lipinski definition) is 6. The first-order valence-electron chi connectivity index (χ1n) is 6.44. The Morgan fingerprint density at radius 3 is 2.86 bits per heavy atom. The molecule has 0 spiro atoms. The van der Waals surface area contributed by atoms with Crippen molar-refractivity contribution in [3.05, 3.63) is 21.4 Å². The summed E-state index contributed by atoms with van der Waals surface area (Å²) < 4.78 is 17.0. The lowest BCUT2D eigenvalue weighted by molar-refractivity contribution is 0.171. The van der Waals surface area contributed by atoms with Gasteiger partial charge in [-0.25, -0.2) is 9.97 Å². The second-order valence-corrected chi connectivity index (χ2v) is 5.54. The summed E-state index contributed by atoms with van der Waals surface area (Å²) in [6, 6.07) is 3.67. The number of methoxy groups -OCH3 is 1. The van der Waals surface area contributed by atoms with Crippen LogP contribution in [-0.2, 0) is 6.42 Å². The summed E-state index contributed by atoms with van der Waals surface area (Å²) in [4.78, 5) is 8.93. The minimum atomic E-state index is 0.186. The minimum Gasteiger partial charge on any atom is -0.493 e. The van der Waals surface area contributed by atoms with Gasteiger partial charge in [-0.05, 0) is 41.1 Å². The Labute approximate surface area is 135 Å². The number of fused-ring (bicyclic) bond motifs is 1. The monoisotopic (exact) mass is 399 g/mol. The molecule has 2 heterocycles. The van der Waals surface area contributed by atoms with E-state index in [1.165, 1.54) is 0 Å². The average Bonchev–Trinajstić information content (AvgIpc) is 2.97. The van der Waals surface area contributed by atoms with Crippen molar-refractivity contribution in [1.82, 2.24) is 9.97 Å². The van der Waals surface area contributed by atoms with Gasteiger partial charge in [0.2, 0.25) is 12.5 Å². The van der Waals surface area contributed by atoms with Crippen LogP contribution in [-0.4, -0.2) is 23.9 Å². The molecule has 2 N–H and O–H groups in total. The van der Waals surface area contributed by atoms with Crippen LogP contribution in [0.1, 0.15) is 12.6 Å².